The zero-order valence-electron chi connectivity index (χ0n) is 4.88. The van der Waals surface area contributed by atoms with Crippen molar-refractivity contribution in [3.63, 3.8) is 0 Å². The first-order valence-electron chi connectivity index (χ1n) is 3.13. The highest BCUT2D eigenvalue weighted by Gasteiger charge is 2.23. The van der Waals surface area contributed by atoms with Crippen LogP contribution in [-0.2, 0) is 0 Å². The van der Waals surface area contributed by atoms with Crippen molar-refractivity contribution >= 4 is 0 Å². The van der Waals surface area contributed by atoms with Crippen molar-refractivity contribution in [1.29, 1.82) is 0 Å². The minimum atomic E-state index is -0.222. The Morgan fingerprint density at radius 1 is 1.38 bits per heavy atom. The second-order valence-electron chi connectivity index (χ2n) is 2.44. The molecular formula is C6H12O2. The van der Waals surface area contributed by atoms with Crippen LogP contribution in [0.1, 0.15) is 19.3 Å². The van der Waals surface area contributed by atoms with Crippen molar-refractivity contribution in [1.82, 2.24) is 0 Å². The molecule has 0 aromatic heterocycles. The third-order valence-electron chi connectivity index (χ3n) is 1.85. The van der Waals surface area contributed by atoms with Gasteiger partial charge in [-0.25, -0.2) is 0 Å². The zero-order chi connectivity index (χ0) is 5.98. The third kappa shape index (κ3) is 1.01. The first-order chi connectivity index (χ1) is 3.84. The van der Waals surface area contributed by atoms with E-state index in [0.717, 1.165) is 19.3 Å². The fourth-order valence-electron chi connectivity index (χ4n) is 1.23. The average molecular weight is 116 g/mol. The molecule has 0 heterocycles. The number of hydrogen-bond donors (Lipinski definition) is 2. The molecule has 1 rings (SSSR count). The summed E-state index contributed by atoms with van der Waals surface area (Å²) >= 11 is 0. The summed E-state index contributed by atoms with van der Waals surface area (Å²) in [6, 6.07) is 0. The van der Waals surface area contributed by atoms with E-state index in [2.05, 4.69) is 0 Å². The van der Waals surface area contributed by atoms with Crippen molar-refractivity contribution in [3.05, 3.63) is 0 Å². The first kappa shape index (κ1) is 6.05. The maximum absolute atomic E-state index is 9.03. The summed E-state index contributed by atoms with van der Waals surface area (Å²) in [4.78, 5) is 0. The van der Waals surface area contributed by atoms with E-state index in [-0.39, 0.29) is 18.6 Å². The molecule has 0 unspecified atom stereocenters. The lowest BCUT2D eigenvalue weighted by Gasteiger charge is -2.08. The zero-order valence-corrected chi connectivity index (χ0v) is 4.88. The van der Waals surface area contributed by atoms with Gasteiger partial charge in [-0.05, 0) is 12.8 Å². The van der Waals surface area contributed by atoms with Gasteiger partial charge >= 0.3 is 0 Å². The Bertz CT molecular complexity index is 72.9. The van der Waals surface area contributed by atoms with E-state index >= 15 is 0 Å². The Balaban J connectivity index is 2.30. The Labute approximate surface area is 49.1 Å². The number of aliphatic hydroxyl groups is 2. The van der Waals surface area contributed by atoms with Gasteiger partial charge in [-0.15, -0.1) is 0 Å². The molecule has 1 fully saturated rings. The van der Waals surface area contributed by atoms with E-state index < -0.39 is 0 Å². The summed E-state index contributed by atoms with van der Waals surface area (Å²) in [5.74, 6) is 0.176. The minimum Gasteiger partial charge on any atom is -0.396 e. The van der Waals surface area contributed by atoms with Crippen LogP contribution in [0.5, 0.6) is 0 Å². The van der Waals surface area contributed by atoms with Gasteiger partial charge in [0.15, 0.2) is 0 Å². The maximum Gasteiger partial charge on any atom is 0.0590 e. The highest BCUT2D eigenvalue weighted by atomic mass is 16.3. The summed E-state index contributed by atoms with van der Waals surface area (Å²) in [7, 11) is 0. The molecule has 2 atom stereocenters. The van der Waals surface area contributed by atoms with Crippen molar-refractivity contribution < 1.29 is 10.2 Å². The number of aliphatic hydroxyl groups excluding tert-OH is 2. The summed E-state index contributed by atoms with van der Waals surface area (Å²) in [5.41, 5.74) is 0. The van der Waals surface area contributed by atoms with Crippen LogP contribution in [0.3, 0.4) is 0 Å². The van der Waals surface area contributed by atoms with Gasteiger partial charge in [-0.3, -0.25) is 0 Å². The number of hydrogen-bond acceptors (Lipinski definition) is 2. The molecular weight excluding hydrogens is 104 g/mol. The first-order valence-corrected chi connectivity index (χ1v) is 3.13. The van der Waals surface area contributed by atoms with E-state index in [1.807, 2.05) is 0 Å². The summed E-state index contributed by atoms with van der Waals surface area (Å²) in [6.45, 7) is 0.154. The Kier molecular flexibility index (Phi) is 1.86. The fraction of sp³-hybridized carbons (Fsp3) is 1.00. The van der Waals surface area contributed by atoms with Crippen molar-refractivity contribution in [2.45, 2.75) is 25.4 Å². The molecule has 1 aliphatic carbocycles. The lowest BCUT2D eigenvalue weighted by Crippen LogP contribution is -2.16. The molecule has 48 valence electrons. The second kappa shape index (κ2) is 2.46. The quantitative estimate of drug-likeness (QED) is 0.511. The highest BCUT2D eigenvalue weighted by molar-refractivity contribution is 4.74. The standard InChI is InChI=1S/C6H12O2/c7-4-5-2-1-3-6(5)8/h5-8H,1-4H2/t5-,6-/m1/s1. The molecule has 1 aliphatic rings. The van der Waals surface area contributed by atoms with Gasteiger partial charge in [0.25, 0.3) is 0 Å². The molecule has 0 saturated heterocycles. The Hall–Kier alpha value is -0.0800. The molecule has 0 bridgehead atoms. The molecule has 1 saturated carbocycles. The Morgan fingerprint density at radius 3 is 2.38 bits per heavy atom. The van der Waals surface area contributed by atoms with Crippen molar-refractivity contribution in [2.75, 3.05) is 6.61 Å². The molecule has 0 radical (unpaired) electrons. The monoisotopic (exact) mass is 116 g/mol. The summed E-state index contributed by atoms with van der Waals surface area (Å²) in [6.07, 6.45) is 2.73. The summed E-state index contributed by atoms with van der Waals surface area (Å²) < 4.78 is 0. The molecule has 0 aliphatic heterocycles. The molecule has 0 aromatic carbocycles. The molecule has 2 nitrogen and oxygen atoms in total. The summed E-state index contributed by atoms with van der Waals surface area (Å²) in [5, 5.41) is 17.6. The smallest absolute Gasteiger partial charge is 0.0590 e. The predicted octanol–water partition coefficient (Wildman–Crippen LogP) is 0.140. The second-order valence-corrected chi connectivity index (χ2v) is 2.44. The van der Waals surface area contributed by atoms with E-state index in [9.17, 15) is 0 Å². The van der Waals surface area contributed by atoms with Crippen molar-refractivity contribution in [3.8, 4) is 0 Å². The average Bonchev–Trinajstić information content (AvgIpc) is 2.14. The molecule has 0 spiro atoms. The van der Waals surface area contributed by atoms with Crippen LogP contribution >= 0.6 is 0 Å². The molecule has 0 aromatic rings. The minimum absolute atomic E-state index is 0.154. The predicted molar refractivity (Wildman–Crippen MR) is 30.4 cm³/mol. The highest BCUT2D eigenvalue weighted by Crippen LogP contribution is 2.24. The van der Waals surface area contributed by atoms with Crippen LogP contribution in [-0.4, -0.2) is 22.9 Å². The topological polar surface area (TPSA) is 40.5 Å². The molecule has 2 heteroatoms. The SMILES string of the molecule is OC[C@H]1CCC[C@H]1O. The van der Waals surface area contributed by atoms with Crippen LogP contribution in [0.2, 0.25) is 0 Å². The Morgan fingerprint density at radius 2 is 2.12 bits per heavy atom. The van der Waals surface area contributed by atoms with E-state index in [0.29, 0.717) is 0 Å². The normalized spacial score (nSPS) is 38.2. The number of rotatable bonds is 1. The molecule has 0 amide bonds. The van der Waals surface area contributed by atoms with Gasteiger partial charge in [-0.2, -0.15) is 0 Å². The lowest BCUT2D eigenvalue weighted by molar-refractivity contribution is 0.0909. The van der Waals surface area contributed by atoms with E-state index in [1.165, 1.54) is 0 Å². The van der Waals surface area contributed by atoms with Crippen LogP contribution in [0, 0.1) is 5.92 Å². The molecule has 2 N–H and O–H groups in total. The third-order valence-corrected chi connectivity index (χ3v) is 1.85. The fourth-order valence-corrected chi connectivity index (χ4v) is 1.23. The van der Waals surface area contributed by atoms with Crippen molar-refractivity contribution in [2.24, 2.45) is 5.92 Å². The van der Waals surface area contributed by atoms with Gasteiger partial charge in [0.1, 0.15) is 0 Å². The van der Waals surface area contributed by atoms with Gasteiger partial charge in [0, 0.05) is 12.5 Å². The largest absolute Gasteiger partial charge is 0.396 e. The van der Waals surface area contributed by atoms with Gasteiger partial charge in [-0.1, -0.05) is 6.42 Å². The lowest BCUT2D eigenvalue weighted by atomic mass is 10.1. The van der Waals surface area contributed by atoms with Gasteiger partial charge in [0.2, 0.25) is 0 Å². The molecule has 8 heavy (non-hydrogen) atoms. The van der Waals surface area contributed by atoms with Gasteiger partial charge in [0.05, 0.1) is 6.10 Å². The van der Waals surface area contributed by atoms with Gasteiger partial charge < -0.3 is 10.2 Å². The van der Waals surface area contributed by atoms with Crippen LogP contribution in [0.4, 0.5) is 0 Å². The van der Waals surface area contributed by atoms with Crippen LogP contribution < -0.4 is 0 Å². The van der Waals surface area contributed by atoms with Crippen LogP contribution in [0.15, 0.2) is 0 Å². The van der Waals surface area contributed by atoms with E-state index in [1.54, 1.807) is 0 Å². The maximum atomic E-state index is 9.03. The van der Waals surface area contributed by atoms with Crippen LogP contribution in [0.25, 0.3) is 0 Å². The van der Waals surface area contributed by atoms with E-state index in [4.69, 9.17) is 10.2 Å².